The Labute approximate surface area is 158 Å². The molecule has 25 heavy (non-hydrogen) atoms. The van der Waals surface area contributed by atoms with Gasteiger partial charge in [0.2, 0.25) is 0 Å². The lowest BCUT2D eigenvalue weighted by atomic mass is 9.85. The van der Waals surface area contributed by atoms with Crippen LogP contribution in [0, 0.1) is 5.92 Å². The van der Waals surface area contributed by atoms with Gasteiger partial charge < -0.3 is 4.74 Å². The number of benzene rings is 2. The molecule has 2 nitrogen and oxygen atoms in total. The van der Waals surface area contributed by atoms with Crippen LogP contribution >= 0.6 is 15.9 Å². The van der Waals surface area contributed by atoms with Gasteiger partial charge in [-0.2, -0.15) is 0 Å². The van der Waals surface area contributed by atoms with E-state index in [1.54, 1.807) is 0 Å². The lowest BCUT2D eigenvalue weighted by Crippen LogP contribution is -2.16. The van der Waals surface area contributed by atoms with Crippen LogP contribution in [0.4, 0.5) is 0 Å². The van der Waals surface area contributed by atoms with Gasteiger partial charge in [0.15, 0.2) is 5.78 Å². The minimum Gasteiger partial charge on any atom is -0.488 e. The standard InChI is InChI=1S/C22H25BrO2/c23-20-10-6-7-11-21(20)25-16-17-12-14-19(15-13-17)22(24)18-8-4-2-1-3-5-9-18/h6-7,10-15,18H,1-5,8-9,16H2. The van der Waals surface area contributed by atoms with Gasteiger partial charge in [0.25, 0.3) is 0 Å². The Bertz CT molecular complexity index is 685. The molecule has 0 unspecified atom stereocenters. The van der Waals surface area contributed by atoms with Crippen molar-refractivity contribution in [1.82, 2.24) is 0 Å². The van der Waals surface area contributed by atoms with Gasteiger partial charge in [-0.15, -0.1) is 0 Å². The number of hydrogen-bond donors (Lipinski definition) is 0. The molecule has 0 atom stereocenters. The van der Waals surface area contributed by atoms with Crippen LogP contribution in [0.1, 0.15) is 60.9 Å². The van der Waals surface area contributed by atoms with E-state index in [0.717, 1.165) is 34.2 Å². The highest BCUT2D eigenvalue weighted by molar-refractivity contribution is 9.10. The summed E-state index contributed by atoms with van der Waals surface area (Å²) in [5, 5.41) is 0. The topological polar surface area (TPSA) is 26.3 Å². The van der Waals surface area contributed by atoms with E-state index in [9.17, 15) is 4.79 Å². The molecule has 2 aromatic rings. The summed E-state index contributed by atoms with van der Waals surface area (Å²) in [5.41, 5.74) is 1.92. The Hall–Kier alpha value is -1.61. The molecule has 1 aliphatic rings. The summed E-state index contributed by atoms with van der Waals surface area (Å²) in [6, 6.07) is 15.8. The number of halogens is 1. The molecule has 0 bridgehead atoms. The maximum atomic E-state index is 12.8. The van der Waals surface area contributed by atoms with Crippen LogP contribution in [0.5, 0.6) is 5.75 Å². The first-order valence-corrected chi connectivity index (χ1v) is 10.0. The summed E-state index contributed by atoms with van der Waals surface area (Å²) in [5.74, 6) is 1.36. The molecule has 0 saturated heterocycles. The molecule has 0 aromatic heterocycles. The van der Waals surface area contributed by atoms with E-state index in [0.29, 0.717) is 12.4 Å². The molecule has 3 heteroatoms. The fraction of sp³-hybridized carbons (Fsp3) is 0.409. The molecule has 0 heterocycles. The van der Waals surface area contributed by atoms with E-state index in [-0.39, 0.29) is 5.92 Å². The van der Waals surface area contributed by atoms with Gasteiger partial charge in [0, 0.05) is 11.5 Å². The fourth-order valence-corrected chi connectivity index (χ4v) is 3.84. The van der Waals surface area contributed by atoms with Crippen LogP contribution < -0.4 is 4.74 Å². The Balaban J connectivity index is 1.59. The van der Waals surface area contributed by atoms with E-state index in [2.05, 4.69) is 15.9 Å². The highest BCUT2D eigenvalue weighted by Crippen LogP contribution is 2.27. The molecule has 1 aliphatic carbocycles. The largest absolute Gasteiger partial charge is 0.488 e. The van der Waals surface area contributed by atoms with Crippen molar-refractivity contribution in [2.45, 2.75) is 51.6 Å². The monoisotopic (exact) mass is 400 g/mol. The van der Waals surface area contributed by atoms with Crippen molar-refractivity contribution in [1.29, 1.82) is 0 Å². The van der Waals surface area contributed by atoms with Crippen molar-refractivity contribution < 1.29 is 9.53 Å². The Morgan fingerprint density at radius 2 is 1.56 bits per heavy atom. The number of hydrogen-bond acceptors (Lipinski definition) is 2. The van der Waals surface area contributed by atoms with Gasteiger partial charge in [-0.25, -0.2) is 0 Å². The third kappa shape index (κ3) is 5.18. The van der Waals surface area contributed by atoms with Crippen molar-refractivity contribution in [3.63, 3.8) is 0 Å². The average molecular weight is 401 g/mol. The lowest BCUT2D eigenvalue weighted by molar-refractivity contribution is 0.0898. The number of ether oxygens (including phenoxy) is 1. The number of carbonyl (C=O) groups is 1. The van der Waals surface area contributed by atoms with Crippen molar-refractivity contribution in [3.8, 4) is 5.75 Å². The molecule has 1 fully saturated rings. The highest BCUT2D eigenvalue weighted by atomic mass is 79.9. The summed E-state index contributed by atoms with van der Waals surface area (Å²) in [6.45, 7) is 0.501. The van der Waals surface area contributed by atoms with Gasteiger partial charge in [0.1, 0.15) is 12.4 Å². The van der Waals surface area contributed by atoms with E-state index in [1.807, 2.05) is 48.5 Å². The van der Waals surface area contributed by atoms with Gasteiger partial charge in [-0.1, -0.05) is 68.5 Å². The van der Waals surface area contributed by atoms with Gasteiger partial charge in [0.05, 0.1) is 4.47 Å². The minimum atomic E-state index is 0.211. The van der Waals surface area contributed by atoms with Crippen LogP contribution in [0.3, 0.4) is 0 Å². The molecular weight excluding hydrogens is 376 g/mol. The van der Waals surface area contributed by atoms with Gasteiger partial charge >= 0.3 is 0 Å². The third-order valence-corrected chi connectivity index (χ3v) is 5.60. The molecular formula is C22H25BrO2. The van der Waals surface area contributed by atoms with E-state index in [1.165, 1.54) is 32.1 Å². The van der Waals surface area contributed by atoms with Crippen LogP contribution in [0.2, 0.25) is 0 Å². The Morgan fingerprint density at radius 1 is 0.920 bits per heavy atom. The molecule has 0 spiro atoms. The number of rotatable bonds is 5. The van der Waals surface area contributed by atoms with Crippen LogP contribution in [-0.2, 0) is 6.61 Å². The molecule has 0 radical (unpaired) electrons. The normalized spacial score (nSPS) is 16.0. The molecule has 2 aromatic carbocycles. The lowest BCUT2D eigenvalue weighted by Gasteiger charge is -2.18. The highest BCUT2D eigenvalue weighted by Gasteiger charge is 2.20. The second-order valence-electron chi connectivity index (χ2n) is 6.82. The first-order chi connectivity index (χ1) is 12.2. The predicted octanol–water partition coefficient (Wildman–Crippen LogP) is 6.57. The summed E-state index contributed by atoms with van der Waals surface area (Å²) in [4.78, 5) is 12.8. The Morgan fingerprint density at radius 3 is 2.24 bits per heavy atom. The SMILES string of the molecule is O=C(c1ccc(COc2ccccc2Br)cc1)C1CCCCCCC1. The molecule has 1 saturated carbocycles. The van der Waals surface area contributed by atoms with E-state index < -0.39 is 0 Å². The summed E-state index contributed by atoms with van der Waals surface area (Å²) in [7, 11) is 0. The smallest absolute Gasteiger partial charge is 0.165 e. The molecule has 132 valence electrons. The third-order valence-electron chi connectivity index (χ3n) is 4.95. The van der Waals surface area contributed by atoms with Crippen LogP contribution in [0.15, 0.2) is 53.0 Å². The number of ketones is 1. The molecule has 0 aliphatic heterocycles. The van der Waals surface area contributed by atoms with Crippen LogP contribution in [0.25, 0.3) is 0 Å². The minimum absolute atomic E-state index is 0.211. The van der Waals surface area contributed by atoms with Gasteiger partial charge in [-0.3, -0.25) is 4.79 Å². The summed E-state index contributed by atoms with van der Waals surface area (Å²) >= 11 is 3.49. The summed E-state index contributed by atoms with van der Waals surface area (Å²) < 4.78 is 6.79. The molecule has 0 N–H and O–H groups in total. The zero-order valence-electron chi connectivity index (χ0n) is 14.5. The van der Waals surface area contributed by atoms with Crippen molar-refractivity contribution in [2.24, 2.45) is 5.92 Å². The first-order valence-electron chi connectivity index (χ1n) is 9.24. The second kappa shape index (κ2) is 9.19. The van der Waals surface area contributed by atoms with Crippen molar-refractivity contribution in [3.05, 3.63) is 64.1 Å². The predicted molar refractivity (Wildman–Crippen MR) is 105 cm³/mol. The zero-order valence-corrected chi connectivity index (χ0v) is 16.1. The summed E-state index contributed by atoms with van der Waals surface area (Å²) in [6.07, 6.45) is 8.34. The molecule has 0 amide bonds. The van der Waals surface area contributed by atoms with Crippen molar-refractivity contribution >= 4 is 21.7 Å². The zero-order chi connectivity index (χ0) is 17.5. The first kappa shape index (κ1) is 18.2. The fourth-order valence-electron chi connectivity index (χ4n) is 3.44. The average Bonchev–Trinajstić information content (AvgIpc) is 2.61. The van der Waals surface area contributed by atoms with Crippen molar-refractivity contribution in [2.75, 3.05) is 0 Å². The number of carbonyl (C=O) groups excluding carboxylic acids is 1. The van der Waals surface area contributed by atoms with E-state index in [4.69, 9.17) is 4.74 Å². The number of para-hydroxylation sites is 1. The van der Waals surface area contributed by atoms with E-state index >= 15 is 0 Å². The molecule has 3 rings (SSSR count). The Kier molecular flexibility index (Phi) is 6.69. The quantitative estimate of drug-likeness (QED) is 0.530. The number of Topliss-reactive ketones (excluding diaryl/α,β-unsaturated/α-hetero) is 1. The maximum Gasteiger partial charge on any atom is 0.165 e. The maximum absolute atomic E-state index is 12.8. The van der Waals surface area contributed by atoms with Crippen LogP contribution in [-0.4, -0.2) is 5.78 Å². The van der Waals surface area contributed by atoms with Gasteiger partial charge in [-0.05, 0) is 46.5 Å². The second-order valence-corrected chi connectivity index (χ2v) is 7.68.